The van der Waals surface area contributed by atoms with Gasteiger partial charge in [-0.15, -0.1) is 0 Å². The van der Waals surface area contributed by atoms with Crippen LogP contribution in [0.3, 0.4) is 0 Å². The third-order valence-corrected chi connectivity index (χ3v) is 4.67. The van der Waals surface area contributed by atoms with Crippen molar-refractivity contribution < 1.29 is 28.9 Å². The van der Waals surface area contributed by atoms with Crippen LogP contribution in [0.1, 0.15) is 103 Å². The Morgan fingerprint density at radius 3 is 1.52 bits per heavy atom. The normalized spacial score (nSPS) is 11.3. The van der Waals surface area contributed by atoms with Gasteiger partial charge in [0.2, 0.25) is 0 Å². The van der Waals surface area contributed by atoms with Crippen molar-refractivity contribution in [2.75, 3.05) is 0 Å². The molecule has 1 N–H and O–H groups in total. The molecule has 0 radical (unpaired) electrons. The lowest BCUT2D eigenvalue weighted by atomic mass is 10.0. The van der Waals surface area contributed by atoms with Crippen LogP contribution >= 0.6 is 0 Å². The highest BCUT2D eigenvalue weighted by atomic mass is 35.7. The van der Waals surface area contributed by atoms with Gasteiger partial charge in [-0.3, -0.25) is 0 Å². The van der Waals surface area contributed by atoms with Gasteiger partial charge in [0, 0.05) is 25.9 Å². The van der Waals surface area contributed by atoms with Gasteiger partial charge in [-0.1, -0.05) is 90.4 Å². The van der Waals surface area contributed by atoms with E-state index in [4.69, 9.17) is 18.6 Å². The fourth-order valence-corrected chi connectivity index (χ4v) is 3.12. The molecule has 0 amide bonds. The Labute approximate surface area is 167 Å². The quantitative estimate of drug-likeness (QED) is 0.449. The van der Waals surface area contributed by atoms with Gasteiger partial charge < -0.3 is 4.57 Å². The van der Waals surface area contributed by atoms with Crippen LogP contribution in [0.4, 0.5) is 0 Å². The molecule has 0 aliphatic carbocycles. The molecular formula is C20H39ClN2O4. The van der Waals surface area contributed by atoms with Crippen molar-refractivity contribution >= 4 is 0 Å². The number of hydrogen-bond donors (Lipinski definition) is 1. The minimum absolute atomic E-state index is 1.14. The molecule has 0 unspecified atom stereocenters. The highest BCUT2D eigenvalue weighted by molar-refractivity contribution is 4.90. The zero-order valence-corrected chi connectivity index (χ0v) is 18.0. The van der Waals surface area contributed by atoms with E-state index >= 15 is 0 Å². The summed E-state index contributed by atoms with van der Waals surface area (Å²) in [5.74, 6) is 1.24. The average Bonchev–Trinajstić information content (AvgIpc) is 2.99. The number of nitrogens with zero attached hydrogens (tertiary/aromatic N) is 2. The lowest BCUT2D eigenvalue weighted by Crippen LogP contribution is -2.58. The van der Waals surface area contributed by atoms with Crippen molar-refractivity contribution in [2.24, 2.45) is 7.05 Å². The van der Waals surface area contributed by atoms with Crippen molar-refractivity contribution in [3.8, 4) is 0 Å². The molecule has 1 heterocycles. The molecule has 7 heteroatoms. The summed E-state index contributed by atoms with van der Waals surface area (Å²) in [7, 11) is -2.61. The lowest BCUT2D eigenvalue weighted by molar-refractivity contribution is -1.92. The molecule has 0 saturated carbocycles. The van der Waals surface area contributed by atoms with Crippen LogP contribution in [-0.4, -0.2) is 14.2 Å². The van der Waals surface area contributed by atoms with E-state index in [0.717, 1.165) is 6.42 Å². The molecule has 0 fully saturated rings. The number of halogens is 1. The van der Waals surface area contributed by atoms with Crippen LogP contribution in [0.5, 0.6) is 0 Å². The Morgan fingerprint density at radius 1 is 0.815 bits per heavy atom. The van der Waals surface area contributed by atoms with E-state index in [2.05, 4.69) is 23.5 Å². The zero-order chi connectivity index (χ0) is 20.4. The summed E-state index contributed by atoms with van der Waals surface area (Å²) >= 11 is 0. The topological polar surface area (TPSA) is 107 Å². The summed E-state index contributed by atoms with van der Waals surface area (Å²) < 4.78 is 34.9. The minimum atomic E-state index is -4.69. The largest absolute Gasteiger partial charge is 0.338 e. The molecule has 0 aliphatic rings. The second-order valence-corrected chi connectivity index (χ2v) is 7.99. The van der Waals surface area contributed by atoms with Crippen molar-refractivity contribution in [3.05, 3.63) is 18.2 Å². The maximum Gasteiger partial charge on any atom is 0.108 e. The van der Waals surface area contributed by atoms with E-state index in [-0.39, 0.29) is 0 Å². The average molecular weight is 407 g/mol. The summed E-state index contributed by atoms with van der Waals surface area (Å²) in [6.07, 6.45) is 25.0. The Bertz CT molecular complexity index is 430. The maximum absolute atomic E-state index is 8.60. The van der Waals surface area contributed by atoms with Crippen LogP contribution in [0.15, 0.2) is 12.4 Å². The van der Waals surface area contributed by atoms with Gasteiger partial charge in [-0.05, 0) is 6.42 Å². The summed E-state index contributed by atoms with van der Waals surface area (Å²) in [6.45, 7) is 2.29. The SMILES string of the molecule is CCCCCCCCCCCCCCCCc1nccn1C.[O-][Cl+3]([O-])([O-])O. The predicted molar refractivity (Wildman–Crippen MR) is 99.4 cm³/mol. The van der Waals surface area contributed by atoms with E-state index in [0.29, 0.717) is 0 Å². The van der Waals surface area contributed by atoms with Crippen molar-refractivity contribution in [3.63, 3.8) is 0 Å². The van der Waals surface area contributed by atoms with Crippen molar-refractivity contribution in [1.82, 2.24) is 9.55 Å². The molecule has 0 saturated heterocycles. The summed E-state index contributed by atoms with van der Waals surface area (Å²) in [5, 5.41) is 0. The van der Waals surface area contributed by atoms with Crippen LogP contribution < -0.4 is 14.0 Å². The molecule has 0 atom stereocenters. The fraction of sp³-hybridized carbons (Fsp3) is 0.850. The second-order valence-electron chi connectivity index (χ2n) is 7.20. The number of aryl methyl sites for hydroxylation is 2. The van der Waals surface area contributed by atoms with Crippen LogP contribution in [0.25, 0.3) is 0 Å². The first-order chi connectivity index (χ1) is 12.8. The Morgan fingerprint density at radius 2 is 1.19 bits per heavy atom. The Balaban J connectivity index is 0.00000119. The van der Waals surface area contributed by atoms with Crippen LogP contribution in [0, 0.1) is 10.2 Å². The number of rotatable bonds is 15. The van der Waals surface area contributed by atoms with Crippen molar-refractivity contribution in [2.45, 2.75) is 103 Å². The highest BCUT2D eigenvalue weighted by Crippen LogP contribution is 2.13. The molecule has 0 aromatic carbocycles. The van der Waals surface area contributed by atoms with E-state index in [1.54, 1.807) is 0 Å². The van der Waals surface area contributed by atoms with Gasteiger partial charge in [0.1, 0.15) is 5.82 Å². The van der Waals surface area contributed by atoms with Gasteiger partial charge >= 0.3 is 0 Å². The zero-order valence-electron chi connectivity index (χ0n) is 17.2. The first-order valence-corrected chi connectivity index (χ1v) is 11.7. The monoisotopic (exact) mass is 406 g/mol. The number of hydrogen-bond acceptors (Lipinski definition) is 5. The van der Waals surface area contributed by atoms with E-state index in [1.807, 2.05) is 12.4 Å². The standard InChI is InChI=1S/C20H38N2.ClHO4/c1-3-4-5-6-7-8-9-10-11-12-13-14-15-16-17-20-21-18-19-22(20)2;2-1(3,4)5/h18-19H,3-17H2,1-2H3;(H,2,3,4,5). The summed E-state index contributed by atoms with van der Waals surface area (Å²) in [6, 6.07) is 0. The van der Waals surface area contributed by atoms with Gasteiger partial charge in [0.25, 0.3) is 0 Å². The molecule has 1 rings (SSSR count). The molecule has 0 bridgehead atoms. The van der Waals surface area contributed by atoms with Crippen LogP contribution in [0.2, 0.25) is 0 Å². The lowest BCUT2D eigenvalue weighted by Gasteiger charge is -2.04. The van der Waals surface area contributed by atoms with Crippen LogP contribution in [-0.2, 0) is 13.5 Å². The number of unbranched alkanes of at least 4 members (excludes halogenated alkanes) is 13. The van der Waals surface area contributed by atoms with Gasteiger partial charge in [-0.25, -0.2) is 4.98 Å². The van der Waals surface area contributed by atoms with Gasteiger partial charge in [0.15, 0.2) is 0 Å². The minimum Gasteiger partial charge on any atom is -0.338 e. The summed E-state index contributed by atoms with van der Waals surface area (Å²) in [5.41, 5.74) is 0. The first kappa shape index (κ1) is 26.3. The Hall–Kier alpha value is -0.660. The molecule has 0 aliphatic heterocycles. The van der Waals surface area contributed by atoms with Gasteiger partial charge in [0.05, 0.1) is 14.9 Å². The molecule has 27 heavy (non-hydrogen) atoms. The Kier molecular flexibility index (Phi) is 17.0. The maximum atomic E-state index is 8.60. The molecule has 0 spiro atoms. The first-order valence-electron chi connectivity index (χ1n) is 10.4. The van der Waals surface area contributed by atoms with E-state index in [9.17, 15) is 0 Å². The molecule has 6 nitrogen and oxygen atoms in total. The van der Waals surface area contributed by atoms with Crippen molar-refractivity contribution in [1.29, 1.82) is 0 Å². The third-order valence-electron chi connectivity index (χ3n) is 4.67. The molecular weight excluding hydrogens is 368 g/mol. The smallest absolute Gasteiger partial charge is 0.108 e. The predicted octanol–water partition coefficient (Wildman–Crippen LogP) is 2.32. The molecule has 1 aromatic rings. The third kappa shape index (κ3) is 21.5. The fourth-order valence-electron chi connectivity index (χ4n) is 3.12. The van der Waals surface area contributed by atoms with E-state index < -0.39 is 10.2 Å². The highest BCUT2D eigenvalue weighted by Gasteiger charge is 1.99. The number of aromatic nitrogens is 2. The second kappa shape index (κ2) is 17.4. The van der Waals surface area contributed by atoms with E-state index in [1.165, 1.54) is 95.7 Å². The number of imidazole rings is 1. The molecule has 1 aromatic heterocycles. The van der Waals surface area contributed by atoms with Gasteiger partial charge in [-0.2, -0.15) is 14.0 Å². The summed E-state index contributed by atoms with van der Waals surface area (Å²) in [4.78, 5) is 4.38. The molecule has 160 valence electrons.